The first-order valence-electron chi connectivity index (χ1n) is 6.55. The Kier molecular flexibility index (Phi) is 5.02. The van der Waals surface area contributed by atoms with E-state index in [1.807, 2.05) is 0 Å². The van der Waals surface area contributed by atoms with Crippen molar-refractivity contribution >= 4 is 9.84 Å². The molecular weight excluding hydrogens is 236 g/mol. The highest BCUT2D eigenvalue weighted by Crippen LogP contribution is 2.39. The predicted molar refractivity (Wildman–Crippen MR) is 70.7 cm³/mol. The van der Waals surface area contributed by atoms with Crippen molar-refractivity contribution in [1.82, 2.24) is 0 Å². The van der Waals surface area contributed by atoms with Gasteiger partial charge in [-0.2, -0.15) is 0 Å². The lowest BCUT2D eigenvalue weighted by Gasteiger charge is -2.36. The maximum atomic E-state index is 11.0. The van der Waals surface area contributed by atoms with Crippen LogP contribution in [0.1, 0.15) is 52.4 Å². The minimum absolute atomic E-state index is 0.197. The molecule has 3 nitrogen and oxygen atoms in total. The molecule has 0 aromatic rings. The molecule has 1 saturated carbocycles. The van der Waals surface area contributed by atoms with Crippen molar-refractivity contribution in [3.8, 4) is 0 Å². The van der Waals surface area contributed by atoms with E-state index in [4.69, 9.17) is 0 Å². The molecule has 1 atom stereocenters. The minimum Gasteiger partial charge on any atom is -0.393 e. The highest BCUT2D eigenvalue weighted by atomic mass is 32.2. The van der Waals surface area contributed by atoms with E-state index in [-0.39, 0.29) is 11.9 Å². The van der Waals surface area contributed by atoms with Crippen LogP contribution in [0.3, 0.4) is 0 Å². The van der Waals surface area contributed by atoms with Gasteiger partial charge in [0.1, 0.15) is 9.84 Å². The molecule has 0 aliphatic heterocycles. The van der Waals surface area contributed by atoms with Crippen molar-refractivity contribution in [3.05, 3.63) is 0 Å². The molecule has 1 unspecified atom stereocenters. The van der Waals surface area contributed by atoms with Crippen molar-refractivity contribution in [2.75, 3.05) is 12.0 Å². The number of aliphatic hydroxyl groups excluding tert-OH is 1. The maximum absolute atomic E-state index is 11.0. The zero-order valence-electron chi connectivity index (χ0n) is 11.3. The predicted octanol–water partition coefficient (Wildman–Crippen LogP) is 2.39. The number of hydrogen-bond donors (Lipinski definition) is 1. The summed E-state index contributed by atoms with van der Waals surface area (Å²) >= 11 is 0. The molecule has 1 rings (SSSR count). The third kappa shape index (κ3) is 5.87. The Balaban J connectivity index is 2.27. The maximum Gasteiger partial charge on any atom is 0.147 e. The monoisotopic (exact) mass is 262 g/mol. The van der Waals surface area contributed by atoms with Crippen molar-refractivity contribution in [2.45, 2.75) is 58.5 Å². The first kappa shape index (κ1) is 15.0. The van der Waals surface area contributed by atoms with Gasteiger partial charge in [0.15, 0.2) is 0 Å². The van der Waals surface area contributed by atoms with Gasteiger partial charge in [0.25, 0.3) is 0 Å². The minimum atomic E-state index is -2.88. The molecule has 1 aliphatic rings. The van der Waals surface area contributed by atoms with Gasteiger partial charge in [0, 0.05) is 12.0 Å². The van der Waals surface area contributed by atoms with Crippen LogP contribution in [-0.2, 0) is 9.84 Å². The molecule has 0 spiro atoms. The Hall–Kier alpha value is -0.0900. The fourth-order valence-electron chi connectivity index (χ4n) is 2.60. The van der Waals surface area contributed by atoms with Crippen LogP contribution in [0.25, 0.3) is 0 Å². The van der Waals surface area contributed by atoms with E-state index >= 15 is 0 Å². The molecule has 0 aromatic carbocycles. The van der Waals surface area contributed by atoms with E-state index in [0.29, 0.717) is 24.2 Å². The standard InChI is InChI=1S/C13H26O3S/c1-13(2)8-6-11(7-9-13)12(14)5-4-10-17(3,15)16/h11-12,14H,4-10H2,1-3H3. The summed E-state index contributed by atoms with van der Waals surface area (Å²) in [5.41, 5.74) is 0.420. The van der Waals surface area contributed by atoms with Gasteiger partial charge in [0.2, 0.25) is 0 Å². The van der Waals surface area contributed by atoms with E-state index < -0.39 is 9.84 Å². The molecule has 1 fully saturated rings. The molecule has 1 aliphatic carbocycles. The molecule has 0 bridgehead atoms. The van der Waals surface area contributed by atoms with Crippen LogP contribution in [0.2, 0.25) is 0 Å². The second-order valence-corrected chi connectivity index (χ2v) is 8.60. The smallest absolute Gasteiger partial charge is 0.147 e. The first-order chi connectivity index (χ1) is 7.70. The van der Waals surface area contributed by atoms with E-state index in [1.165, 1.54) is 19.1 Å². The third-order valence-electron chi connectivity index (χ3n) is 3.94. The van der Waals surface area contributed by atoms with Crippen molar-refractivity contribution in [2.24, 2.45) is 11.3 Å². The van der Waals surface area contributed by atoms with Crippen LogP contribution < -0.4 is 0 Å². The first-order valence-corrected chi connectivity index (χ1v) is 8.61. The van der Waals surface area contributed by atoms with E-state index in [9.17, 15) is 13.5 Å². The Morgan fingerprint density at radius 2 is 1.82 bits per heavy atom. The van der Waals surface area contributed by atoms with Gasteiger partial charge >= 0.3 is 0 Å². The Labute approximate surface area is 106 Å². The third-order valence-corrected chi connectivity index (χ3v) is 4.97. The van der Waals surface area contributed by atoms with Gasteiger partial charge in [-0.15, -0.1) is 0 Å². The number of rotatable bonds is 5. The van der Waals surface area contributed by atoms with Crippen molar-refractivity contribution in [1.29, 1.82) is 0 Å². The molecular formula is C13H26O3S. The zero-order chi connectivity index (χ0) is 13.1. The van der Waals surface area contributed by atoms with Crippen LogP contribution in [-0.4, -0.2) is 31.6 Å². The zero-order valence-corrected chi connectivity index (χ0v) is 12.1. The summed E-state index contributed by atoms with van der Waals surface area (Å²) in [5, 5.41) is 10.0. The lowest BCUT2D eigenvalue weighted by molar-refractivity contribution is 0.0512. The van der Waals surface area contributed by atoms with E-state index in [1.54, 1.807) is 0 Å². The molecule has 0 heterocycles. The largest absolute Gasteiger partial charge is 0.393 e. The molecule has 4 heteroatoms. The van der Waals surface area contributed by atoms with Crippen LogP contribution in [0.15, 0.2) is 0 Å². The van der Waals surface area contributed by atoms with E-state index in [2.05, 4.69) is 13.8 Å². The molecule has 0 amide bonds. The summed E-state index contributed by atoms with van der Waals surface area (Å²) in [4.78, 5) is 0. The normalized spacial score (nSPS) is 23.5. The van der Waals surface area contributed by atoms with Crippen molar-refractivity contribution in [3.63, 3.8) is 0 Å². The number of hydrogen-bond acceptors (Lipinski definition) is 3. The second kappa shape index (κ2) is 5.70. The average molecular weight is 262 g/mol. The van der Waals surface area contributed by atoms with Crippen LogP contribution in [0.4, 0.5) is 0 Å². The Bertz CT molecular complexity index is 323. The van der Waals surface area contributed by atoms with Gasteiger partial charge < -0.3 is 5.11 Å². The summed E-state index contributed by atoms with van der Waals surface area (Å²) in [5.74, 6) is 0.574. The molecule has 0 aromatic heterocycles. The van der Waals surface area contributed by atoms with E-state index in [0.717, 1.165) is 12.8 Å². The lowest BCUT2D eigenvalue weighted by Crippen LogP contribution is -2.29. The Morgan fingerprint density at radius 1 is 1.29 bits per heavy atom. The van der Waals surface area contributed by atoms with Gasteiger partial charge in [-0.3, -0.25) is 0 Å². The molecule has 1 N–H and O–H groups in total. The summed E-state index contributed by atoms with van der Waals surface area (Å²) in [6.07, 6.45) is 6.63. The summed E-state index contributed by atoms with van der Waals surface area (Å²) in [6.45, 7) is 4.55. The molecule has 102 valence electrons. The average Bonchev–Trinajstić information content (AvgIpc) is 2.15. The van der Waals surface area contributed by atoms with Gasteiger partial charge in [-0.25, -0.2) is 8.42 Å². The number of aliphatic hydroxyl groups is 1. The van der Waals surface area contributed by atoms with Gasteiger partial charge in [-0.1, -0.05) is 13.8 Å². The highest BCUT2D eigenvalue weighted by Gasteiger charge is 2.30. The Morgan fingerprint density at radius 3 is 2.29 bits per heavy atom. The van der Waals surface area contributed by atoms with Gasteiger partial charge in [-0.05, 0) is 49.9 Å². The molecule has 0 saturated heterocycles. The fraction of sp³-hybridized carbons (Fsp3) is 1.00. The fourth-order valence-corrected chi connectivity index (χ4v) is 3.29. The molecule has 17 heavy (non-hydrogen) atoms. The highest BCUT2D eigenvalue weighted by molar-refractivity contribution is 7.90. The second-order valence-electron chi connectivity index (χ2n) is 6.34. The summed E-state index contributed by atoms with van der Waals surface area (Å²) < 4.78 is 22.0. The lowest BCUT2D eigenvalue weighted by atomic mass is 9.71. The van der Waals surface area contributed by atoms with Gasteiger partial charge in [0.05, 0.1) is 6.10 Å². The number of sulfone groups is 1. The summed E-state index contributed by atoms with van der Waals surface area (Å²) in [7, 11) is -2.88. The van der Waals surface area contributed by atoms with Crippen molar-refractivity contribution < 1.29 is 13.5 Å². The summed E-state index contributed by atoms with van der Waals surface area (Å²) in [6, 6.07) is 0. The molecule has 0 radical (unpaired) electrons. The van der Waals surface area contributed by atoms with Crippen LogP contribution in [0.5, 0.6) is 0 Å². The SMILES string of the molecule is CC1(C)CCC(C(O)CCCS(C)(=O)=O)CC1. The van der Waals surface area contributed by atoms with Crippen LogP contribution in [0, 0.1) is 11.3 Å². The topological polar surface area (TPSA) is 54.4 Å². The quantitative estimate of drug-likeness (QED) is 0.827. The van der Waals surface area contributed by atoms with Crippen LogP contribution >= 0.6 is 0 Å².